The van der Waals surface area contributed by atoms with E-state index in [2.05, 4.69) is 17.3 Å². The number of hydroxylamine groups is 1. The van der Waals surface area contributed by atoms with E-state index in [1.165, 1.54) is 0 Å². The lowest BCUT2D eigenvalue weighted by molar-refractivity contribution is 0.565. The Morgan fingerprint density at radius 3 is 2.05 bits per heavy atom. The fraction of sp³-hybridized carbons (Fsp3) is 0.0667. The predicted octanol–water partition coefficient (Wildman–Crippen LogP) is 4.09. The second-order valence-electron chi connectivity index (χ2n) is 4.21. The van der Waals surface area contributed by atoms with Crippen LogP contribution in [0.2, 0.25) is 0 Å². The Morgan fingerprint density at radius 2 is 1.47 bits per heavy atom. The van der Waals surface area contributed by atoms with E-state index in [1.807, 2.05) is 54.6 Å². The highest BCUT2D eigenvalue weighted by Crippen LogP contribution is 2.19. The Morgan fingerprint density at radius 1 is 0.947 bits per heavy atom. The Hall–Kier alpha value is -2.46. The molecule has 2 aromatic rings. The highest BCUT2D eigenvalue weighted by molar-refractivity contribution is 5.62. The summed E-state index contributed by atoms with van der Waals surface area (Å²) in [5.74, 6) is 0. The summed E-state index contributed by atoms with van der Waals surface area (Å²) in [6, 6.07) is 17.4. The van der Waals surface area contributed by atoms with E-state index >= 15 is 0 Å². The van der Waals surface area contributed by atoms with Crippen molar-refractivity contribution in [2.24, 2.45) is 0 Å². The number of benzene rings is 2. The molecule has 0 saturated heterocycles. The van der Waals surface area contributed by atoms with Crippen LogP contribution in [-0.4, -0.2) is 5.17 Å². The molecular formula is C15H16N3O-. The van der Waals surface area contributed by atoms with Gasteiger partial charge in [0.05, 0.1) is 5.69 Å². The van der Waals surface area contributed by atoms with Crippen LogP contribution in [0.15, 0.2) is 66.9 Å². The Bertz CT molecular complexity index is 537. The third-order valence-corrected chi connectivity index (χ3v) is 2.52. The molecule has 0 radical (unpaired) electrons. The minimum absolute atomic E-state index is 0.409. The number of allylic oxidation sites excluding steroid dienone is 1. The van der Waals surface area contributed by atoms with Crippen molar-refractivity contribution in [1.82, 2.24) is 5.17 Å². The van der Waals surface area contributed by atoms with Crippen LogP contribution in [0.3, 0.4) is 0 Å². The van der Waals surface area contributed by atoms with Gasteiger partial charge >= 0.3 is 0 Å². The number of hydrogen-bond acceptors (Lipinski definition) is 4. The summed E-state index contributed by atoms with van der Waals surface area (Å²) in [4.78, 5) is 0. The van der Waals surface area contributed by atoms with Crippen molar-refractivity contribution in [3.8, 4) is 0 Å². The normalized spacial score (nSPS) is 9.79. The molecule has 0 aliphatic heterocycles. The summed E-state index contributed by atoms with van der Waals surface area (Å²) in [6.45, 7) is 5.21. The van der Waals surface area contributed by atoms with Gasteiger partial charge in [-0.25, -0.2) is 0 Å². The molecule has 0 saturated carbocycles. The van der Waals surface area contributed by atoms with Gasteiger partial charge < -0.3 is 21.1 Å². The minimum atomic E-state index is 0.409. The summed E-state index contributed by atoms with van der Waals surface area (Å²) in [7, 11) is 0. The second kappa shape index (κ2) is 5.93. The van der Waals surface area contributed by atoms with Gasteiger partial charge in [-0.2, -0.15) is 0 Å². The lowest BCUT2D eigenvalue weighted by atomic mass is 10.2. The quantitative estimate of drug-likeness (QED) is 0.789. The van der Waals surface area contributed by atoms with E-state index in [0.717, 1.165) is 17.1 Å². The van der Waals surface area contributed by atoms with Gasteiger partial charge in [0, 0.05) is 17.1 Å². The molecule has 0 bridgehead atoms. The van der Waals surface area contributed by atoms with Crippen molar-refractivity contribution in [1.29, 1.82) is 0 Å². The molecular weight excluding hydrogens is 238 g/mol. The first-order chi connectivity index (χ1) is 9.15. The number of para-hydroxylation sites is 1. The van der Waals surface area contributed by atoms with E-state index < -0.39 is 0 Å². The maximum absolute atomic E-state index is 11.4. The van der Waals surface area contributed by atoms with E-state index in [9.17, 15) is 5.21 Å². The lowest BCUT2D eigenvalue weighted by Crippen LogP contribution is -2.20. The molecule has 0 amide bonds. The van der Waals surface area contributed by atoms with Gasteiger partial charge in [-0.3, -0.25) is 0 Å². The summed E-state index contributed by atoms with van der Waals surface area (Å²) in [6.07, 6.45) is 0. The summed E-state index contributed by atoms with van der Waals surface area (Å²) < 4.78 is 0. The van der Waals surface area contributed by atoms with Crippen LogP contribution >= 0.6 is 0 Å². The molecule has 0 aromatic heterocycles. The number of nitrogens with one attached hydrogen (secondary N) is 2. The lowest BCUT2D eigenvalue weighted by Gasteiger charge is -2.31. The van der Waals surface area contributed by atoms with Crippen LogP contribution in [-0.2, 0) is 0 Å². The van der Waals surface area contributed by atoms with Crippen molar-refractivity contribution in [3.05, 3.63) is 72.1 Å². The molecule has 0 aliphatic rings. The van der Waals surface area contributed by atoms with Gasteiger partial charge in [0.25, 0.3) is 0 Å². The van der Waals surface area contributed by atoms with Gasteiger partial charge in [-0.1, -0.05) is 24.8 Å². The minimum Gasteiger partial charge on any atom is -0.739 e. The third kappa shape index (κ3) is 3.76. The first-order valence-corrected chi connectivity index (χ1v) is 5.97. The number of hydrogen-bond donors (Lipinski definition) is 2. The molecule has 0 aliphatic carbocycles. The van der Waals surface area contributed by atoms with E-state index in [1.54, 1.807) is 6.92 Å². The standard InChI is InChI=1S/C15H16N3O/c1-12(2)18(19)17-15-10-8-14(9-11-15)16-13-6-4-3-5-7-13/h3-11,16-17H,1H2,2H3/q-1. The van der Waals surface area contributed by atoms with Crippen molar-refractivity contribution >= 4 is 17.1 Å². The zero-order valence-electron chi connectivity index (χ0n) is 10.8. The monoisotopic (exact) mass is 254 g/mol. The van der Waals surface area contributed by atoms with E-state index in [0.29, 0.717) is 10.9 Å². The van der Waals surface area contributed by atoms with Crippen molar-refractivity contribution in [3.63, 3.8) is 0 Å². The van der Waals surface area contributed by atoms with Gasteiger partial charge in [0.1, 0.15) is 0 Å². The molecule has 0 heterocycles. The molecule has 19 heavy (non-hydrogen) atoms. The van der Waals surface area contributed by atoms with Crippen molar-refractivity contribution in [2.45, 2.75) is 6.92 Å². The Kier molecular flexibility index (Phi) is 4.05. The SMILES string of the molecule is C=C(C)N([O-])Nc1ccc(Nc2ccccc2)cc1. The van der Waals surface area contributed by atoms with Crippen molar-refractivity contribution in [2.75, 3.05) is 10.7 Å². The Balaban J connectivity index is 2.01. The molecule has 0 unspecified atom stereocenters. The number of nitrogens with zero attached hydrogens (tertiary/aromatic N) is 1. The fourth-order valence-electron chi connectivity index (χ4n) is 1.53. The van der Waals surface area contributed by atoms with Crippen LogP contribution in [0.1, 0.15) is 6.92 Å². The maximum Gasteiger partial charge on any atom is 0.0534 e. The van der Waals surface area contributed by atoms with Gasteiger partial charge in [0.15, 0.2) is 0 Å². The van der Waals surface area contributed by atoms with Crippen LogP contribution in [0, 0.1) is 5.21 Å². The van der Waals surface area contributed by atoms with Gasteiger partial charge in [-0.15, -0.1) is 0 Å². The first kappa shape index (κ1) is 13.0. The molecule has 0 atom stereocenters. The Labute approximate surface area is 112 Å². The second-order valence-corrected chi connectivity index (χ2v) is 4.21. The predicted molar refractivity (Wildman–Crippen MR) is 79.8 cm³/mol. The molecule has 98 valence electrons. The van der Waals surface area contributed by atoms with Crippen LogP contribution in [0.5, 0.6) is 0 Å². The molecule has 2 aromatic carbocycles. The first-order valence-electron chi connectivity index (χ1n) is 5.97. The van der Waals surface area contributed by atoms with Crippen LogP contribution in [0.4, 0.5) is 17.1 Å². The molecule has 4 nitrogen and oxygen atoms in total. The van der Waals surface area contributed by atoms with E-state index in [-0.39, 0.29) is 0 Å². The fourth-order valence-corrected chi connectivity index (χ4v) is 1.53. The average Bonchev–Trinajstić information content (AvgIpc) is 2.42. The van der Waals surface area contributed by atoms with E-state index in [4.69, 9.17) is 0 Å². The third-order valence-electron chi connectivity index (χ3n) is 2.52. The van der Waals surface area contributed by atoms with Gasteiger partial charge in [-0.05, 0) is 43.3 Å². The molecule has 2 N–H and O–H groups in total. The summed E-state index contributed by atoms with van der Waals surface area (Å²) >= 11 is 0. The summed E-state index contributed by atoms with van der Waals surface area (Å²) in [5.41, 5.74) is 5.80. The number of rotatable bonds is 5. The molecule has 2 rings (SSSR count). The molecule has 4 heteroatoms. The van der Waals surface area contributed by atoms with Crippen LogP contribution in [0.25, 0.3) is 0 Å². The maximum atomic E-state index is 11.4. The largest absolute Gasteiger partial charge is 0.739 e. The van der Waals surface area contributed by atoms with Crippen molar-refractivity contribution < 1.29 is 0 Å². The zero-order valence-corrected chi connectivity index (χ0v) is 10.8. The highest BCUT2D eigenvalue weighted by Gasteiger charge is 1.96. The highest BCUT2D eigenvalue weighted by atomic mass is 16.5. The van der Waals surface area contributed by atoms with Crippen LogP contribution < -0.4 is 10.7 Å². The molecule has 0 fully saturated rings. The number of hydrazine groups is 1. The zero-order chi connectivity index (χ0) is 13.7. The molecule has 0 spiro atoms. The summed E-state index contributed by atoms with van der Waals surface area (Å²) in [5, 5.41) is 15.3. The smallest absolute Gasteiger partial charge is 0.0534 e. The topological polar surface area (TPSA) is 50.4 Å². The van der Waals surface area contributed by atoms with Gasteiger partial charge in [0.2, 0.25) is 0 Å². The average molecular weight is 254 g/mol. The number of anilines is 3.